The highest BCUT2D eigenvalue weighted by atomic mass is 79.9. The van der Waals surface area contributed by atoms with E-state index in [1.54, 1.807) is 18.2 Å². The van der Waals surface area contributed by atoms with Crippen molar-refractivity contribution < 1.29 is 13.5 Å². The summed E-state index contributed by atoms with van der Waals surface area (Å²) in [5.74, 6) is 0. The molecular weight excluding hydrogens is 354 g/mol. The molecule has 2 N–H and O–H groups in total. The molecule has 2 aromatic rings. The number of aryl methyl sites for hydroxylation is 2. The van der Waals surface area contributed by atoms with Crippen molar-refractivity contribution in [2.45, 2.75) is 25.3 Å². The van der Waals surface area contributed by atoms with Crippen molar-refractivity contribution in [3.63, 3.8) is 0 Å². The Labute approximate surface area is 133 Å². The molecule has 21 heavy (non-hydrogen) atoms. The molecular formula is C15H16BrNO3S. The number of hydrogen-bond donors (Lipinski definition) is 2. The number of nitrogens with one attached hydrogen (secondary N) is 1. The van der Waals surface area contributed by atoms with Gasteiger partial charge in [-0.05, 0) is 59.1 Å². The molecule has 0 amide bonds. The van der Waals surface area contributed by atoms with Crippen LogP contribution in [0.1, 0.15) is 16.7 Å². The first kappa shape index (κ1) is 16.0. The SMILES string of the molecule is Cc1ccc(NS(=O)(=O)c2cc(CO)ccc2Br)c(C)c1. The molecule has 0 saturated heterocycles. The molecule has 2 aromatic carbocycles. The fourth-order valence-corrected chi connectivity index (χ4v) is 4.13. The molecule has 0 spiro atoms. The molecule has 4 nitrogen and oxygen atoms in total. The van der Waals surface area contributed by atoms with Gasteiger partial charge < -0.3 is 5.11 Å². The van der Waals surface area contributed by atoms with Gasteiger partial charge in [0.25, 0.3) is 10.0 Å². The monoisotopic (exact) mass is 369 g/mol. The van der Waals surface area contributed by atoms with Crippen molar-refractivity contribution in [3.8, 4) is 0 Å². The summed E-state index contributed by atoms with van der Waals surface area (Å²) in [5, 5.41) is 9.15. The molecule has 0 aromatic heterocycles. The van der Waals surface area contributed by atoms with E-state index in [9.17, 15) is 8.42 Å². The minimum atomic E-state index is -3.72. The number of sulfonamides is 1. The van der Waals surface area contributed by atoms with Gasteiger partial charge in [-0.2, -0.15) is 0 Å². The summed E-state index contributed by atoms with van der Waals surface area (Å²) in [7, 11) is -3.72. The lowest BCUT2D eigenvalue weighted by Gasteiger charge is -2.13. The van der Waals surface area contributed by atoms with Gasteiger partial charge in [0.2, 0.25) is 0 Å². The van der Waals surface area contributed by atoms with Crippen LogP contribution >= 0.6 is 15.9 Å². The summed E-state index contributed by atoms with van der Waals surface area (Å²) in [6, 6.07) is 10.2. The molecule has 0 aliphatic rings. The van der Waals surface area contributed by atoms with E-state index in [1.165, 1.54) is 6.07 Å². The van der Waals surface area contributed by atoms with Crippen LogP contribution in [0.2, 0.25) is 0 Å². The Bertz CT molecular complexity index is 772. The van der Waals surface area contributed by atoms with Crippen LogP contribution in [0.15, 0.2) is 45.8 Å². The van der Waals surface area contributed by atoms with Crippen molar-refractivity contribution in [2.24, 2.45) is 0 Å². The summed E-state index contributed by atoms with van der Waals surface area (Å²) < 4.78 is 28.0. The topological polar surface area (TPSA) is 66.4 Å². The van der Waals surface area contributed by atoms with Crippen molar-refractivity contribution in [2.75, 3.05) is 4.72 Å². The Hall–Kier alpha value is -1.37. The van der Waals surface area contributed by atoms with Crippen LogP contribution < -0.4 is 4.72 Å². The fourth-order valence-electron chi connectivity index (χ4n) is 1.98. The molecule has 6 heteroatoms. The van der Waals surface area contributed by atoms with Crippen molar-refractivity contribution in [1.29, 1.82) is 0 Å². The lowest BCUT2D eigenvalue weighted by Crippen LogP contribution is -2.14. The van der Waals surface area contributed by atoms with E-state index in [2.05, 4.69) is 20.7 Å². The summed E-state index contributed by atoms with van der Waals surface area (Å²) in [4.78, 5) is 0.106. The third-order valence-electron chi connectivity index (χ3n) is 3.09. The highest BCUT2D eigenvalue weighted by Gasteiger charge is 2.19. The Morgan fingerprint density at radius 1 is 1.14 bits per heavy atom. The molecule has 0 saturated carbocycles. The third kappa shape index (κ3) is 3.64. The highest BCUT2D eigenvalue weighted by Crippen LogP contribution is 2.27. The van der Waals surface area contributed by atoms with Crippen molar-refractivity contribution in [3.05, 3.63) is 57.6 Å². The summed E-state index contributed by atoms with van der Waals surface area (Å²) in [5.41, 5.74) is 3.01. The second kappa shape index (κ2) is 6.17. The largest absolute Gasteiger partial charge is 0.392 e. The van der Waals surface area contributed by atoms with Crippen LogP contribution in [0.5, 0.6) is 0 Å². The van der Waals surface area contributed by atoms with Crippen LogP contribution in [0.3, 0.4) is 0 Å². The van der Waals surface area contributed by atoms with Crippen LogP contribution in [0.25, 0.3) is 0 Å². The maximum Gasteiger partial charge on any atom is 0.263 e. The number of anilines is 1. The zero-order valence-corrected chi connectivity index (χ0v) is 14.1. The van der Waals surface area contributed by atoms with Crippen LogP contribution in [0, 0.1) is 13.8 Å². The van der Waals surface area contributed by atoms with E-state index < -0.39 is 10.0 Å². The first-order valence-corrected chi connectivity index (χ1v) is 8.60. The predicted molar refractivity (Wildman–Crippen MR) is 86.8 cm³/mol. The Morgan fingerprint density at radius 2 is 1.86 bits per heavy atom. The molecule has 0 heterocycles. The summed E-state index contributed by atoms with van der Waals surface area (Å²) >= 11 is 3.24. The molecule has 0 atom stereocenters. The highest BCUT2D eigenvalue weighted by molar-refractivity contribution is 9.10. The molecule has 0 bridgehead atoms. The maximum atomic E-state index is 12.5. The smallest absolute Gasteiger partial charge is 0.263 e. The molecule has 0 aliphatic heterocycles. The molecule has 2 rings (SSSR count). The number of benzene rings is 2. The molecule has 112 valence electrons. The third-order valence-corrected chi connectivity index (χ3v) is 5.45. The first-order valence-electron chi connectivity index (χ1n) is 6.33. The zero-order chi connectivity index (χ0) is 15.6. The van der Waals surface area contributed by atoms with Crippen molar-refractivity contribution in [1.82, 2.24) is 0 Å². The van der Waals surface area contributed by atoms with Crippen LogP contribution in [-0.4, -0.2) is 13.5 Å². The average molecular weight is 370 g/mol. The molecule has 0 unspecified atom stereocenters. The van der Waals surface area contributed by atoms with Gasteiger partial charge in [0.05, 0.1) is 12.3 Å². The molecule has 0 radical (unpaired) electrons. The van der Waals surface area contributed by atoms with Gasteiger partial charge in [-0.25, -0.2) is 8.42 Å². The minimum absolute atomic E-state index is 0.106. The number of halogens is 1. The van der Waals surface area contributed by atoms with E-state index in [0.717, 1.165) is 11.1 Å². The summed E-state index contributed by atoms with van der Waals surface area (Å²) in [6.07, 6.45) is 0. The van der Waals surface area contributed by atoms with E-state index in [4.69, 9.17) is 5.11 Å². The van der Waals surface area contributed by atoms with Crippen LogP contribution in [0.4, 0.5) is 5.69 Å². The average Bonchev–Trinajstić information content (AvgIpc) is 2.42. The molecule has 0 fully saturated rings. The Kier molecular flexibility index (Phi) is 4.70. The van der Waals surface area contributed by atoms with Crippen molar-refractivity contribution >= 4 is 31.6 Å². The fraction of sp³-hybridized carbons (Fsp3) is 0.200. The van der Waals surface area contributed by atoms with E-state index >= 15 is 0 Å². The van der Waals surface area contributed by atoms with E-state index in [1.807, 2.05) is 26.0 Å². The normalized spacial score (nSPS) is 11.4. The first-order chi connectivity index (χ1) is 9.83. The van der Waals surface area contributed by atoms with Gasteiger partial charge in [-0.3, -0.25) is 4.72 Å². The lowest BCUT2D eigenvalue weighted by atomic mass is 10.1. The van der Waals surface area contributed by atoms with Gasteiger partial charge >= 0.3 is 0 Å². The van der Waals surface area contributed by atoms with Gasteiger partial charge in [0.1, 0.15) is 4.90 Å². The standard InChI is InChI=1S/C15H16BrNO3S/c1-10-3-6-14(11(2)7-10)17-21(19,20)15-8-12(9-18)4-5-13(15)16/h3-8,17-18H,9H2,1-2H3. The quantitative estimate of drug-likeness (QED) is 0.867. The Balaban J connectivity index is 2.43. The predicted octanol–water partition coefficient (Wildman–Crippen LogP) is 3.36. The Morgan fingerprint density at radius 3 is 2.48 bits per heavy atom. The van der Waals surface area contributed by atoms with Gasteiger partial charge in [-0.15, -0.1) is 0 Å². The van der Waals surface area contributed by atoms with Gasteiger partial charge in [0.15, 0.2) is 0 Å². The van der Waals surface area contributed by atoms with E-state index in [-0.39, 0.29) is 11.5 Å². The number of aliphatic hydroxyl groups is 1. The summed E-state index contributed by atoms with van der Waals surface area (Å²) in [6.45, 7) is 3.59. The number of rotatable bonds is 4. The zero-order valence-electron chi connectivity index (χ0n) is 11.7. The van der Waals surface area contributed by atoms with Gasteiger partial charge in [0, 0.05) is 4.47 Å². The van der Waals surface area contributed by atoms with Gasteiger partial charge in [-0.1, -0.05) is 23.8 Å². The lowest BCUT2D eigenvalue weighted by molar-refractivity contribution is 0.281. The maximum absolute atomic E-state index is 12.5. The minimum Gasteiger partial charge on any atom is -0.392 e. The number of aliphatic hydroxyl groups excluding tert-OH is 1. The molecule has 0 aliphatic carbocycles. The number of hydrogen-bond acceptors (Lipinski definition) is 3. The second-order valence-corrected chi connectivity index (χ2v) is 7.35. The van der Waals surface area contributed by atoms with Crippen LogP contribution in [-0.2, 0) is 16.6 Å². The van der Waals surface area contributed by atoms with E-state index in [0.29, 0.717) is 15.7 Å². The second-order valence-electron chi connectivity index (χ2n) is 4.85.